The minimum atomic E-state index is -0.422. The van der Waals surface area contributed by atoms with Crippen molar-refractivity contribution >= 4 is 17.2 Å². The average Bonchev–Trinajstić information content (AvgIpc) is 2.51. The van der Waals surface area contributed by atoms with E-state index < -0.39 is 4.92 Å². The van der Waals surface area contributed by atoms with Crippen LogP contribution in [0.1, 0.15) is 16.8 Å². The summed E-state index contributed by atoms with van der Waals surface area (Å²) in [6, 6.07) is 10.5. The summed E-state index contributed by atoms with van der Waals surface area (Å²) < 4.78 is 0. The minimum absolute atomic E-state index is 0.0368. The third-order valence-electron chi connectivity index (χ3n) is 3.29. The van der Waals surface area contributed by atoms with Crippen molar-refractivity contribution in [1.82, 2.24) is 4.98 Å². The van der Waals surface area contributed by atoms with Crippen LogP contribution in [0, 0.1) is 35.3 Å². The molecule has 0 spiro atoms. The molecule has 0 saturated carbocycles. The van der Waals surface area contributed by atoms with E-state index in [-0.39, 0.29) is 5.69 Å². The van der Waals surface area contributed by atoms with E-state index in [1.807, 2.05) is 19.9 Å². The summed E-state index contributed by atoms with van der Waals surface area (Å²) in [5, 5.41) is 26.3. The Morgan fingerprint density at radius 1 is 1.26 bits per heavy atom. The zero-order chi connectivity index (χ0) is 16.8. The highest BCUT2D eigenvalue weighted by molar-refractivity contribution is 5.61. The summed E-state index contributed by atoms with van der Waals surface area (Å²) in [4.78, 5) is 14.8. The van der Waals surface area contributed by atoms with Gasteiger partial charge in [0.15, 0.2) is 0 Å². The predicted molar refractivity (Wildman–Crippen MR) is 88.5 cm³/mol. The lowest BCUT2D eigenvalue weighted by Gasteiger charge is -2.11. The summed E-state index contributed by atoms with van der Waals surface area (Å²) in [6.07, 6.45) is 0. The third kappa shape index (κ3) is 3.95. The van der Waals surface area contributed by atoms with E-state index in [0.717, 1.165) is 11.3 Å². The monoisotopic (exact) mass is 311 g/mol. The van der Waals surface area contributed by atoms with Gasteiger partial charge in [-0.1, -0.05) is 12.1 Å². The highest BCUT2D eigenvalue weighted by atomic mass is 16.6. The molecule has 0 radical (unpaired) electrons. The number of rotatable bonds is 6. The lowest BCUT2D eigenvalue weighted by atomic mass is 10.1. The van der Waals surface area contributed by atoms with Crippen molar-refractivity contribution in [2.24, 2.45) is 0 Å². The second-order valence-electron chi connectivity index (χ2n) is 5.04. The summed E-state index contributed by atoms with van der Waals surface area (Å²) >= 11 is 0. The number of nitriles is 1. The van der Waals surface area contributed by atoms with E-state index >= 15 is 0 Å². The molecule has 0 bridgehead atoms. The first-order valence-electron chi connectivity index (χ1n) is 7.12. The van der Waals surface area contributed by atoms with Gasteiger partial charge in [0.05, 0.1) is 10.5 Å². The SMILES string of the molecule is Cc1cc(C)c(C#N)c(NCCNc2ccccc2[N+](=O)[O-])n1. The lowest BCUT2D eigenvalue weighted by molar-refractivity contribution is -0.384. The lowest BCUT2D eigenvalue weighted by Crippen LogP contribution is -2.16. The number of nitrogens with one attached hydrogen (secondary N) is 2. The number of anilines is 2. The second-order valence-corrected chi connectivity index (χ2v) is 5.04. The third-order valence-corrected chi connectivity index (χ3v) is 3.29. The largest absolute Gasteiger partial charge is 0.378 e. The highest BCUT2D eigenvalue weighted by Gasteiger charge is 2.12. The predicted octanol–water partition coefficient (Wildman–Crippen LogP) is 3.00. The molecule has 2 rings (SSSR count). The van der Waals surface area contributed by atoms with Crippen molar-refractivity contribution in [2.75, 3.05) is 23.7 Å². The molecule has 0 aliphatic carbocycles. The highest BCUT2D eigenvalue weighted by Crippen LogP contribution is 2.23. The number of nitro benzene ring substituents is 1. The quantitative estimate of drug-likeness (QED) is 0.483. The normalized spacial score (nSPS) is 9.96. The number of nitrogens with zero attached hydrogens (tertiary/aromatic N) is 3. The Balaban J connectivity index is 2.00. The number of nitro groups is 1. The van der Waals surface area contributed by atoms with E-state index in [4.69, 9.17) is 0 Å². The maximum absolute atomic E-state index is 10.9. The molecule has 0 saturated heterocycles. The maximum Gasteiger partial charge on any atom is 0.292 e. The smallest absolute Gasteiger partial charge is 0.292 e. The zero-order valence-electron chi connectivity index (χ0n) is 13.0. The van der Waals surface area contributed by atoms with Gasteiger partial charge >= 0.3 is 0 Å². The van der Waals surface area contributed by atoms with Crippen molar-refractivity contribution in [2.45, 2.75) is 13.8 Å². The Bertz CT molecular complexity index is 768. The second kappa shape index (κ2) is 7.22. The minimum Gasteiger partial charge on any atom is -0.378 e. The standard InChI is InChI=1S/C16H17N5O2/c1-11-9-12(2)20-16(13(11)10-17)19-8-7-18-14-5-3-4-6-15(14)21(22)23/h3-6,9,18H,7-8H2,1-2H3,(H,19,20). The first-order chi connectivity index (χ1) is 11.0. The molecule has 0 aliphatic heterocycles. The molecule has 0 atom stereocenters. The Kier molecular flexibility index (Phi) is 5.10. The van der Waals surface area contributed by atoms with Crippen LogP contribution < -0.4 is 10.6 Å². The number of aryl methyl sites for hydroxylation is 2. The van der Waals surface area contributed by atoms with Crippen LogP contribution >= 0.6 is 0 Å². The van der Waals surface area contributed by atoms with Gasteiger partial charge in [-0.05, 0) is 31.5 Å². The van der Waals surface area contributed by atoms with Gasteiger partial charge in [0.25, 0.3) is 5.69 Å². The van der Waals surface area contributed by atoms with Gasteiger partial charge in [-0.15, -0.1) is 0 Å². The fraction of sp³-hybridized carbons (Fsp3) is 0.250. The summed E-state index contributed by atoms with van der Waals surface area (Å²) in [7, 11) is 0. The van der Waals surface area contributed by atoms with Gasteiger partial charge in [0, 0.05) is 24.8 Å². The van der Waals surface area contributed by atoms with Crippen molar-refractivity contribution < 1.29 is 4.92 Å². The average molecular weight is 311 g/mol. The van der Waals surface area contributed by atoms with Crippen LogP contribution in [0.2, 0.25) is 0 Å². The Labute approximate surface area is 134 Å². The van der Waals surface area contributed by atoms with Gasteiger partial charge in [0.2, 0.25) is 0 Å². The fourth-order valence-electron chi connectivity index (χ4n) is 2.27. The van der Waals surface area contributed by atoms with Gasteiger partial charge in [-0.3, -0.25) is 10.1 Å². The molecule has 0 fully saturated rings. The fourth-order valence-corrected chi connectivity index (χ4v) is 2.27. The zero-order valence-corrected chi connectivity index (χ0v) is 13.0. The number of hydrogen-bond acceptors (Lipinski definition) is 6. The van der Waals surface area contributed by atoms with E-state index in [1.54, 1.807) is 18.2 Å². The van der Waals surface area contributed by atoms with Crippen LogP contribution in [0.4, 0.5) is 17.2 Å². The van der Waals surface area contributed by atoms with Crippen LogP contribution in [-0.4, -0.2) is 23.0 Å². The summed E-state index contributed by atoms with van der Waals surface area (Å²) in [5.74, 6) is 0.536. The molecule has 7 heteroatoms. The number of hydrogen-bond donors (Lipinski definition) is 2. The molecule has 2 aromatic rings. The van der Waals surface area contributed by atoms with Crippen LogP contribution in [0.15, 0.2) is 30.3 Å². The molecule has 1 heterocycles. The van der Waals surface area contributed by atoms with E-state index in [2.05, 4.69) is 21.7 Å². The van der Waals surface area contributed by atoms with Crippen molar-refractivity contribution in [3.05, 3.63) is 57.3 Å². The molecule has 1 aromatic carbocycles. The van der Waals surface area contributed by atoms with Crippen LogP contribution in [0.25, 0.3) is 0 Å². The number of pyridine rings is 1. The molecule has 0 unspecified atom stereocenters. The first kappa shape index (κ1) is 16.2. The Morgan fingerprint density at radius 3 is 2.65 bits per heavy atom. The molecule has 2 N–H and O–H groups in total. The topological polar surface area (TPSA) is 104 Å². The molecule has 0 amide bonds. The van der Waals surface area contributed by atoms with E-state index in [9.17, 15) is 15.4 Å². The maximum atomic E-state index is 10.9. The van der Waals surface area contributed by atoms with Crippen molar-refractivity contribution in [3.8, 4) is 6.07 Å². The molecule has 0 aliphatic rings. The van der Waals surface area contributed by atoms with Gasteiger partial charge in [-0.25, -0.2) is 4.98 Å². The van der Waals surface area contributed by atoms with Gasteiger partial charge < -0.3 is 10.6 Å². The molecule has 7 nitrogen and oxygen atoms in total. The van der Waals surface area contributed by atoms with Gasteiger partial charge in [-0.2, -0.15) is 5.26 Å². The Morgan fingerprint density at radius 2 is 1.96 bits per heavy atom. The number of para-hydroxylation sites is 2. The first-order valence-corrected chi connectivity index (χ1v) is 7.12. The summed E-state index contributed by atoms with van der Waals surface area (Å²) in [5.41, 5.74) is 2.72. The molecule has 1 aromatic heterocycles. The van der Waals surface area contributed by atoms with E-state index in [1.165, 1.54) is 6.07 Å². The van der Waals surface area contributed by atoms with Crippen LogP contribution in [0.5, 0.6) is 0 Å². The van der Waals surface area contributed by atoms with E-state index in [0.29, 0.717) is 30.2 Å². The molecule has 23 heavy (non-hydrogen) atoms. The Hall–Kier alpha value is -3.14. The number of benzene rings is 1. The summed E-state index contributed by atoms with van der Waals surface area (Å²) in [6.45, 7) is 4.68. The molecule has 118 valence electrons. The molecular weight excluding hydrogens is 294 g/mol. The van der Waals surface area contributed by atoms with Crippen LogP contribution in [0.3, 0.4) is 0 Å². The number of aromatic nitrogens is 1. The van der Waals surface area contributed by atoms with Crippen LogP contribution in [-0.2, 0) is 0 Å². The molecular formula is C16H17N5O2. The van der Waals surface area contributed by atoms with Gasteiger partial charge in [0.1, 0.15) is 17.6 Å². The van der Waals surface area contributed by atoms with Crippen molar-refractivity contribution in [3.63, 3.8) is 0 Å². The van der Waals surface area contributed by atoms with Crippen molar-refractivity contribution in [1.29, 1.82) is 5.26 Å².